The Balaban J connectivity index is 2.06. The zero-order valence-corrected chi connectivity index (χ0v) is 10.2. The van der Waals surface area contributed by atoms with Crippen LogP contribution in [0.15, 0.2) is 6.20 Å². The Morgan fingerprint density at radius 3 is 2.83 bits per heavy atom. The van der Waals surface area contributed by atoms with Gasteiger partial charge in [-0.2, -0.15) is 5.10 Å². The second-order valence-electron chi connectivity index (χ2n) is 4.28. The third-order valence-electron chi connectivity index (χ3n) is 2.80. The average molecular weight is 250 g/mol. The van der Waals surface area contributed by atoms with Crippen molar-refractivity contribution in [2.24, 2.45) is 7.05 Å². The van der Waals surface area contributed by atoms with E-state index in [1.807, 2.05) is 0 Å². The number of hydrogen-bond donors (Lipinski definition) is 2. The summed E-state index contributed by atoms with van der Waals surface area (Å²) in [4.78, 5) is 34.4. The van der Waals surface area contributed by atoms with Crippen LogP contribution in [0.1, 0.15) is 28.9 Å². The van der Waals surface area contributed by atoms with E-state index < -0.39 is 11.9 Å². The fraction of sp³-hybridized carbons (Fsp3) is 0.455. The van der Waals surface area contributed by atoms with Gasteiger partial charge in [0.1, 0.15) is 6.04 Å². The van der Waals surface area contributed by atoms with Crippen molar-refractivity contribution in [1.29, 1.82) is 0 Å². The summed E-state index contributed by atoms with van der Waals surface area (Å²) in [6.07, 6.45) is 2.16. The van der Waals surface area contributed by atoms with Crippen LogP contribution in [0.25, 0.3) is 0 Å². The highest BCUT2D eigenvalue weighted by molar-refractivity contribution is 6.03. The van der Waals surface area contributed by atoms with Gasteiger partial charge in [0, 0.05) is 19.7 Å². The summed E-state index contributed by atoms with van der Waals surface area (Å²) in [7, 11) is 1.72. The second-order valence-corrected chi connectivity index (χ2v) is 4.28. The van der Waals surface area contributed by atoms with E-state index in [0.29, 0.717) is 17.7 Å². The van der Waals surface area contributed by atoms with Gasteiger partial charge in [-0.05, 0) is 13.3 Å². The summed E-state index contributed by atoms with van der Waals surface area (Å²) in [5, 5.41) is 8.85. The molecule has 0 aromatic carbocycles. The molecule has 2 N–H and O–H groups in total. The predicted octanol–water partition coefficient (Wildman–Crippen LogP) is -0.736. The number of aromatic nitrogens is 2. The third-order valence-corrected chi connectivity index (χ3v) is 2.80. The van der Waals surface area contributed by atoms with E-state index in [1.54, 1.807) is 20.2 Å². The van der Waals surface area contributed by atoms with Crippen LogP contribution in [-0.2, 0) is 16.6 Å². The molecule has 18 heavy (non-hydrogen) atoms. The number of aryl methyl sites for hydroxylation is 2. The molecule has 7 heteroatoms. The minimum absolute atomic E-state index is 0.239. The zero-order chi connectivity index (χ0) is 13.3. The first kappa shape index (κ1) is 12.3. The number of hydrogen-bond acceptors (Lipinski definition) is 4. The molecule has 96 valence electrons. The molecule has 2 rings (SSSR count). The van der Waals surface area contributed by atoms with E-state index in [0.717, 1.165) is 0 Å². The maximum atomic E-state index is 11.9. The van der Waals surface area contributed by atoms with Crippen LogP contribution in [0.5, 0.6) is 0 Å². The maximum Gasteiger partial charge on any atom is 0.255 e. The molecule has 3 amide bonds. The van der Waals surface area contributed by atoms with Gasteiger partial charge < -0.3 is 5.32 Å². The molecule has 0 saturated carbocycles. The molecule has 7 nitrogen and oxygen atoms in total. The summed E-state index contributed by atoms with van der Waals surface area (Å²) in [6, 6.07) is -0.658. The number of nitrogens with zero attached hydrogens (tertiary/aromatic N) is 2. The van der Waals surface area contributed by atoms with E-state index >= 15 is 0 Å². The van der Waals surface area contributed by atoms with Crippen LogP contribution in [0, 0.1) is 6.92 Å². The summed E-state index contributed by atoms with van der Waals surface area (Å²) in [5.41, 5.74) is 1.03. The highest BCUT2D eigenvalue weighted by Crippen LogP contribution is 2.08. The second kappa shape index (κ2) is 4.59. The molecular formula is C11H14N4O3. The standard InChI is InChI=1S/C11H14N4O3/c1-6-7(5-15(2)14-6)10(17)12-8-3-4-9(16)13-11(8)18/h5,8H,3-4H2,1-2H3,(H,12,17)(H,13,16,18). The zero-order valence-electron chi connectivity index (χ0n) is 10.2. The number of imide groups is 1. The summed E-state index contributed by atoms with van der Waals surface area (Å²) in [6.45, 7) is 1.72. The van der Waals surface area contributed by atoms with Crippen LogP contribution in [0.2, 0.25) is 0 Å². The first-order valence-corrected chi connectivity index (χ1v) is 5.62. The minimum Gasteiger partial charge on any atom is -0.340 e. The SMILES string of the molecule is Cc1nn(C)cc1C(=O)NC1CCC(=O)NC1=O. The first-order valence-electron chi connectivity index (χ1n) is 5.62. The number of piperidine rings is 1. The lowest BCUT2D eigenvalue weighted by Crippen LogP contribution is -2.52. The van der Waals surface area contributed by atoms with Crippen molar-refractivity contribution < 1.29 is 14.4 Å². The number of nitrogens with one attached hydrogen (secondary N) is 2. The van der Waals surface area contributed by atoms with Crippen molar-refractivity contribution in [2.45, 2.75) is 25.8 Å². The highest BCUT2D eigenvalue weighted by Gasteiger charge is 2.28. The molecule has 0 aliphatic carbocycles. The number of carbonyl (C=O) groups excluding carboxylic acids is 3. The molecule has 2 heterocycles. The Kier molecular flexibility index (Phi) is 3.14. The molecular weight excluding hydrogens is 236 g/mol. The molecule has 1 fully saturated rings. The van der Waals surface area contributed by atoms with Crippen molar-refractivity contribution in [3.8, 4) is 0 Å². The molecule has 0 bridgehead atoms. The largest absolute Gasteiger partial charge is 0.340 e. The van der Waals surface area contributed by atoms with Crippen LogP contribution < -0.4 is 10.6 Å². The lowest BCUT2D eigenvalue weighted by Gasteiger charge is -2.21. The topological polar surface area (TPSA) is 93.1 Å². The molecule has 1 saturated heterocycles. The van der Waals surface area contributed by atoms with Crippen LogP contribution in [-0.4, -0.2) is 33.5 Å². The van der Waals surface area contributed by atoms with E-state index in [9.17, 15) is 14.4 Å². The lowest BCUT2D eigenvalue weighted by atomic mass is 10.1. The fourth-order valence-electron chi connectivity index (χ4n) is 1.89. The monoisotopic (exact) mass is 250 g/mol. The van der Waals surface area contributed by atoms with Gasteiger partial charge >= 0.3 is 0 Å². The smallest absolute Gasteiger partial charge is 0.255 e. The van der Waals surface area contributed by atoms with Gasteiger partial charge in [0.25, 0.3) is 5.91 Å². The van der Waals surface area contributed by atoms with Gasteiger partial charge in [-0.25, -0.2) is 0 Å². The van der Waals surface area contributed by atoms with Crippen molar-refractivity contribution >= 4 is 17.7 Å². The summed E-state index contributed by atoms with van der Waals surface area (Å²) >= 11 is 0. The van der Waals surface area contributed by atoms with Gasteiger partial charge in [-0.15, -0.1) is 0 Å². The van der Waals surface area contributed by atoms with E-state index in [4.69, 9.17) is 0 Å². The first-order chi connectivity index (χ1) is 8.47. The van der Waals surface area contributed by atoms with E-state index in [1.165, 1.54) is 4.68 Å². The normalized spacial score (nSPS) is 19.6. The average Bonchev–Trinajstić information content (AvgIpc) is 2.62. The highest BCUT2D eigenvalue weighted by atomic mass is 16.2. The van der Waals surface area contributed by atoms with E-state index in [2.05, 4.69) is 15.7 Å². The maximum absolute atomic E-state index is 11.9. The van der Waals surface area contributed by atoms with Crippen molar-refractivity contribution in [2.75, 3.05) is 0 Å². The summed E-state index contributed by atoms with van der Waals surface area (Å²) < 4.78 is 1.54. The van der Waals surface area contributed by atoms with Gasteiger partial charge in [0.05, 0.1) is 11.3 Å². The van der Waals surface area contributed by atoms with Crippen LogP contribution in [0.4, 0.5) is 0 Å². The number of carbonyl (C=O) groups is 3. The van der Waals surface area contributed by atoms with Crippen molar-refractivity contribution in [3.05, 3.63) is 17.5 Å². The molecule has 1 unspecified atom stereocenters. The molecule has 1 aliphatic heterocycles. The molecule has 1 atom stereocenters. The number of amides is 3. The Morgan fingerprint density at radius 2 is 2.28 bits per heavy atom. The molecule has 1 aliphatic rings. The Bertz CT molecular complexity index is 520. The van der Waals surface area contributed by atoms with Crippen LogP contribution >= 0.6 is 0 Å². The third kappa shape index (κ3) is 2.39. The molecule has 0 spiro atoms. The Morgan fingerprint density at radius 1 is 1.56 bits per heavy atom. The lowest BCUT2D eigenvalue weighted by molar-refractivity contribution is -0.134. The van der Waals surface area contributed by atoms with Crippen LogP contribution in [0.3, 0.4) is 0 Å². The molecule has 1 aromatic heterocycles. The summed E-state index contributed by atoms with van der Waals surface area (Å²) in [5.74, 6) is -1.11. The number of rotatable bonds is 2. The van der Waals surface area contributed by atoms with Crippen molar-refractivity contribution in [3.63, 3.8) is 0 Å². The molecule has 1 aromatic rings. The van der Waals surface area contributed by atoms with Gasteiger partial charge in [-0.3, -0.25) is 24.4 Å². The van der Waals surface area contributed by atoms with Gasteiger partial charge in [-0.1, -0.05) is 0 Å². The minimum atomic E-state index is -0.658. The molecule has 0 radical (unpaired) electrons. The van der Waals surface area contributed by atoms with Gasteiger partial charge in [0.2, 0.25) is 11.8 Å². The predicted molar refractivity (Wildman–Crippen MR) is 61.6 cm³/mol. The van der Waals surface area contributed by atoms with Crippen molar-refractivity contribution in [1.82, 2.24) is 20.4 Å². The quantitative estimate of drug-likeness (QED) is 0.676. The Labute approximate surface area is 104 Å². The van der Waals surface area contributed by atoms with Gasteiger partial charge in [0.15, 0.2) is 0 Å². The van der Waals surface area contributed by atoms with E-state index in [-0.39, 0.29) is 18.2 Å². The fourth-order valence-corrected chi connectivity index (χ4v) is 1.89. The Hall–Kier alpha value is -2.18.